The van der Waals surface area contributed by atoms with Gasteiger partial charge in [-0.05, 0) is 49.2 Å². The third kappa shape index (κ3) is 11.0. The van der Waals surface area contributed by atoms with Crippen LogP contribution in [0, 0.1) is 11.8 Å². The van der Waals surface area contributed by atoms with E-state index in [0.717, 1.165) is 29.8 Å². The number of rotatable bonds is 13. The second kappa shape index (κ2) is 15.5. The molecule has 2 rings (SSSR count). The third-order valence-corrected chi connectivity index (χ3v) is 5.08. The number of hydroxylamine groups is 1. The molecular weight excluding hydrogens is 394 g/mol. The maximum Gasteiger partial charge on any atom is 0.356 e. The van der Waals surface area contributed by atoms with Gasteiger partial charge in [0, 0.05) is 23.6 Å². The van der Waals surface area contributed by atoms with Crippen LogP contribution in [-0.2, 0) is 4.84 Å². The maximum absolute atomic E-state index is 11.7. The Balaban J connectivity index is 1.33. The Morgan fingerprint density at radius 2 is 1.40 bits per heavy atom. The molecule has 0 amide bonds. The molecule has 0 fully saturated rings. The number of carbonyl (C=O) groups excluding carboxylic acids is 1. The van der Waals surface area contributed by atoms with Crippen molar-refractivity contribution in [2.24, 2.45) is 0 Å². The van der Waals surface area contributed by atoms with Crippen molar-refractivity contribution < 1.29 is 9.63 Å². The highest BCUT2D eigenvalue weighted by Crippen LogP contribution is 2.11. The van der Waals surface area contributed by atoms with Crippen LogP contribution in [0.1, 0.15) is 80.1 Å². The maximum atomic E-state index is 11.7. The molecule has 3 nitrogen and oxygen atoms in total. The van der Waals surface area contributed by atoms with E-state index in [1.807, 2.05) is 42.5 Å². The Morgan fingerprint density at radius 3 is 2.07 bits per heavy atom. The van der Waals surface area contributed by atoms with Crippen molar-refractivity contribution in [3.05, 3.63) is 70.7 Å². The highest BCUT2D eigenvalue weighted by Gasteiger charge is 2.05. The van der Waals surface area contributed by atoms with Gasteiger partial charge in [0.05, 0.1) is 5.56 Å². The van der Waals surface area contributed by atoms with Crippen molar-refractivity contribution in [3.8, 4) is 11.8 Å². The summed E-state index contributed by atoms with van der Waals surface area (Å²) in [4.78, 5) is 16.8. The van der Waals surface area contributed by atoms with E-state index in [0.29, 0.717) is 12.1 Å². The van der Waals surface area contributed by atoms with Crippen molar-refractivity contribution in [2.45, 2.75) is 64.2 Å². The molecule has 0 spiro atoms. The molecule has 0 saturated heterocycles. The van der Waals surface area contributed by atoms with Crippen LogP contribution < -0.4 is 5.48 Å². The van der Waals surface area contributed by atoms with E-state index >= 15 is 0 Å². The fourth-order valence-corrected chi connectivity index (χ4v) is 3.22. The van der Waals surface area contributed by atoms with Crippen molar-refractivity contribution in [1.29, 1.82) is 0 Å². The summed E-state index contributed by atoms with van der Waals surface area (Å²) in [6.45, 7) is 0.704. The quantitative estimate of drug-likeness (QED) is 0.214. The predicted octanol–water partition coefficient (Wildman–Crippen LogP) is 6.95. The summed E-state index contributed by atoms with van der Waals surface area (Å²) in [6, 6.07) is 16.7. The molecule has 30 heavy (non-hydrogen) atoms. The van der Waals surface area contributed by atoms with E-state index < -0.39 is 0 Å². The zero-order valence-electron chi connectivity index (χ0n) is 17.7. The number of nitrogens with one attached hydrogen (secondary N) is 1. The lowest BCUT2D eigenvalue weighted by atomic mass is 10.1. The highest BCUT2D eigenvalue weighted by atomic mass is 35.5. The number of halogens is 1. The van der Waals surface area contributed by atoms with Gasteiger partial charge in [0.2, 0.25) is 0 Å². The zero-order valence-corrected chi connectivity index (χ0v) is 18.4. The Bertz CT molecular complexity index is 778. The van der Waals surface area contributed by atoms with Gasteiger partial charge in [-0.2, -0.15) is 5.48 Å². The first-order valence-corrected chi connectivity index (χ1v) is 11.4. The molecule has 0 unspecified atom stereocenters. The topological polar surface area (TPSA) is 38.3 Å². The second-order valence-corrected chi connectivity index (χ2v) is 7.83. The summed E-state index contributed by atoms with van der Waals surface area (Å²) in [5, 5.41) is 0.751. The summed E-state index contributed by atoms with van der Waals surface area (Å²) >= 11 is 5.87. The number of benzene rings is 2. The van der Waals surface area contributed by atoms with Crippen molar-refractivity contribution in [2.75, 3.05) is 6.54 Å². The molecular formula is C26H32ClNO2. The fourth-order valence-electron chi connectivity index (χ4n) is 3.10. The summed E-state index contributed by atoms with van der Waals surface area (Å²) in [7, 11) is 0. The minimum atomic E-state index is -0.327. The number of unbranched alkanes of at least 4 members (excludes halogenated alkanes) is 9. The van der Waals surface area contributed by atoms with Crippen molar-refractivity contribution >= 4 is 17.6 Å². The molecule has 0 heterocycles. The van der Waals surface area contributed by atoms with E-state index in [9.17, 15) is 4.79 Å². The van der Waals surface area contributed by atoms with Crippen LogP contribution >= 0.6 is 11.6 Å². The number of hydrogen-bond acceptors (Lipinski definition) is 3. The van der Waals surface area contributed by atoms with Gasteiger partial charge < -0.3 is 4.84 Å². The minimum Gasteiger partial charge on any atom is -0.367 e. The summed E-state index contributed by atoms with van der Waals surface area (Å²) in [6.07, 6.45) is 12.0. The normalized spacial score (nSPS) is 10.3. The molecule has 0 aliphatic rings. The minimum absolute atomic E-state index is 0.327. The standard InChI is InChI=1S/C26H32ClNO2/c27-25-20-18-23(19-21-25)15-11-8-6-4-2-1-3-5-7-9-14-22-28-30-26(29)24-16-12-10-13-17-24/h10,12-13,16-21,28H,1-9,14,22H2. The average molecular weight is 426 g/mol. The van der Waals surface area contributed by atoms with Crippen LogP contribution in [0.2, 0.25) is 5.02 Å². The predicted molar refractivity (Wildman–Crippen MR) is 124 cm³/mol. The van der Waals surface area contributed by atoms with E-state index in [1.165, 1.54) is 44.9 Å². The van der Waals surface area contributed by atoms with Gasteiger partial charge in [0.1, 0.15) is 0 Å². The van der Waals surface area contributed by atoms with Gasteiger partial charge in [-0.1, -0.05) is 86.6 Å². The Hall–Kier alpha value is -2.28. The smallest absolute Gasteiger partial charge is 0.356 e. The molecule has 0 aliphatic heterocycles. The van der Waals surface area contributed by atoms with E-state index in [2.05, 4.69) is 17.3 Å². The molecule has 0 bridgehead atoms. The molecule has 2 aromatic carbocycles. The van der Waals surface area contributed by atoms with Gasteiger partial charge in [-0.15, -0.1) is 0 Å². The molecule has 0 radical (unpaired) electrons. The Kier molecular flexibility index (Phi) is 12.4. The summed E-state index contributed by atoms with van der Waals surface area (Å²) < 4.78 is 0. The highest BCUT2D eigenvalue weighted by molar-refractivity contribution is 6.30. The molecule has 0 aliphatic carbocycles. The first kappa shape index (κ1) is 24.0. The van der Waals surface area contributed by atoms with Crippen LogP contribution in [0.3, 0.4) is 0 Å². The van der Waals surface area contributed by atoms with Crippen LogP contribution in [0.25, 0.3) is 0 Å². The monoisotopic (exact) mass is 425 g/mol. The zero-order chi connectivity index (χ0) is 21.3. The van der Waals surface area contributed by atoms with Gasteiger partial charge in [-0.25, -0.2) is 4.79 Å². The number of hydrogen-bond donors (Lipinski definition) is 1. The van der Waals surface area contributed by atoms with E-state index in [-0.39, 0.29) is 5.97 Å². The molecule has 0 atom stereocenters. The lowest BCUT2D eigenvalue weighted by Gasteiger charge is -2.06. The summed E-state index contributed by atoms with van der Waals surface area (Å²) in [5.41, 5.74) is 4.37. The largest absolute Gasteiger partial charge is 0.367 e. The van der Waals surface area contributed by atoms with Gasteiger partial charge >= 0.3 is 5.97 Å². The molecule has 2 aromatic rings. The second-order valence-electron chi connectivity index (χ2n) is 7.39. The number of carbonyl (C=O) groups is 1. The van der Waals surface area contributed by atoms with Crippen molar-refractivity contribution in [1.82, 2.24) is 5.48 Å². The Labute approximate surface area is 186 Å². The molecule has 1 N–H and O–H groups in total. The van der Waals surface area contributed by atoms with Crippen LogP contribution in [0.4, 0.5) is 0 Å². The van der Waals surface area contributed by atoms with Gasteiger partial charge in [-0.3, -0.25) is 0 Å². The summed E-state index contributed by atoms with van der Waals surface area (Å²) in [5.74, 6) is 6.10. The lowest BCUT2D eigenvalue weighted by molar-refractivity contribution is 0.0251. The SMILES string of the molecule is O=C(ONCCCCCCCCCCCC#Cc1ccc(Cl)cc1)c1ccccc1. The van der Waals surface area contributed by atoms with Gasteiger partial charge in [0.25, 0.3) is 0 Å². The van der Waals surface area contributed by atoms with Crippen LogP contribution in [-0.4, -0.2) is 12.5 Å². The van der Waals surface area contributed by atoms with E-state index in [4.69, 9.17) is 16.4 Å². The van der Waals surface area contributed by atoms with Crippen LogP contribution in [0.5, 0.6) is 0 Å². The van der Waals surface area contributed by atoms with Crippen molar-refractivity contribution in [3.63, 3.8) is 0 Å². The molecule has 0 saturated carbocycles. The third-order valence-electron chi connectivity index (χ3n) is 4.83. The van der Waals surface area contributed by atoms with Crippen LogP contribution in [0.15, 0.2) is 54.6 Å². The first-order chi connectivity index (χ1) is 14.8. The fraction of sp³-hybridized carbons (Fsp3) is 0.423. The van der Waals surface area contributed by atoms with Gasteiger partial charge in [0.15, 0.2) is 0 Å². The molecule has 0 aromatic heterocycles. The molecule has 4 heteroatoms. The Morgan fingerprint density at radius 1 is 0.800 bits per heavy atom. The lowest BCUT2D eigenvalue weighted by Crippen LogP contribution is -2.21. The first-order valence-electron chi connectivity index (χ1n) is 11.0. The van der Waals surface area contributed by atoms with E-state index in [1.54, 1.807) is 12.1 Å². The molecule has 160 valence electrons. The average Bonchev–Trinajstić information content (AvgIpc) is 2.78.